The second-order valence-corrected chi connectivity index (χ2v) is 8.25. The molecule has 5 nitrogen and oxygen atoms in total. The molecule has 2 heterocycles. The third-order valence-electron chi connectivity index (χ3n) is 5.95. The Bertz CT molecular complexity index is 1250. The Morgan fingerprint density at radius 1 is 0.875 bits per heavy atom. The third kappa shape index (κ3) is 3.45. The molecule has 0 aromatic heterocycles. The number of methoxy groups -OCH3 is 1. The minimum Gasteiger partial charge on any atom is -0.497 e. The number of amides is 2. The molecule has 0 saturated carbocycles. The van der Waals surface area contributed by atoms with Crippen molar-refractivity contribution in [1.82, 2.24) is 4.90 Å². The Morgan fingerprint density at radius 2 is 1.62 bits per heavy atom. The number of carbonyl (C=O) groups excluding carboxylic acids is 2. The highest BCUT2D eigenvalue weighted by Gasteiger charge is 2.43. The fourth-order valence-corrected chi connectivity index (χ4v) is 4.55. The number of fused-ring (bicyclic) bond motifs is 1. The number of hydrogen-bond acceptors (Lipinski definition) is 4. The Hall–Kier alpha value is -3.57. The summed E-state index contributed by atoms with van der Waals surface area (Å²) in [6.45, 7) is 1.24. The predicted octanol–water partition coefficient (Wildman–Crippen LogP) is 4.69. The second kappa shape index (κ2) is 8.17. The molecule has 0 unspecified atom stereocenters. The summed E-state index contributed by atoms with van der Waals surface area (Å²) in [4.78, 5) is 30.6. The van der Waals surface area contributed by atoms with Crippen molar-refractivity contribution in [1.29, 1.82) is 0 Å². The molecule has 0 aliphatic carbocycles. The van der Waals surface area contributed by atoms with Crippen LogP contribution in [0.4, 0.5) is 5.69 Å². The van der Waals surface area contributed by atoms with Crippen LogP contribution in [0.15, 0.2) is 78.5 Å². The van der Waals surface area contributed by atoms with E-state index in [0.29, 0.717) is 46.4 Å². The van der Waals surface area contributed by atoms with Crippen LogP contribution in [0.1, 0.15) is 16.7 Å². The fourth-order valence-electron chi connectivity index (χ4n) is 4.37. The summed E-state index contributed by atoms with van der Waals surface area (Å²) < 4.78 is 5.26. The number of ether oxygens (including phenoxy) is 1. The van der Waals surface area contributed by atoms with Crippen molar-refractivity contribution in [3.8, 4) is 5.75 Å². The van der Waals surface area contributed by atoms with Crippen LogP contribution in [-0.4, -0.2) is 30.4 Å². The van der Waals surface area contributed by atoms with Gasteiger partial charge in [0, 0.05) is 18.1 Å². The SMILES string of the molecule is COc1ccc(C2=C(N3CCc4ccccc4C3)C(=O)N(c3cccc(Cl)c3)C2=O)cc1. The molecule has 2 amide bonds. The van der Waals surface area contributed by atoms with E-state index in [1.807, 2.05) is 29.2 Å². The maximum Gasteiger partial charge on any atom is 0.282 e. The molecule has 0 spiro atoms. The zero-order valence-corrected chi connectivity index (χ0v) is 18.3. The van der Waals surface area contributed by atoms with Crippen molar-refractivity contribution in [3.05, 3.63) is 100 Å². The maximum absolute atomic E-state index is 13.7. The number of anilines is 1. The number of hydrogen-bond donors (Lipinski definition) is 0. The first-order valence-electron chi connectivity index (χ1n) is 10.4. The van der Waals surface area contributed by atoms with Gasteiger partial charge in [0.25, 0.3) is 11.8 Å². The van der Waals surface area contributed by atoms with Crippen LogP contribution < -0.4 is 9.64 Å². The highest BCUT2D eigenvalue weighted by Crippen LogP contribution is 2.37. The molecule has 2 aliphatic heterocycles. The van der Waals surface area contributed by atoms with Gasteiger partial charge in [0.1, 0.15) is 11.4 Å². The molecule has 0 bridgehead atoms. The largest absolute Gasteiger partial charge is 0.497 e. The zero-order valence-electron chi connectivity index (χ0n) is 17.5. The van der Waals surface area contributed by atoms with E-state index < -0.39 is 0 Å². The van der Waals surface area contributed by atoms with E-state index in [4.69, 9.17) is 16.3 Å². The van der Waals surface area contributed by atoms with Crippen LogP contribution in [0, 0.1) is 0 Å². The molecule has 5 rings (SSSR count). The van der Waals surface area contributed by atoms with E-state index in [1.54, 1.807) is 43.5 Å². The van der Waals surface area contributed by atoms with Crippen molar-refractivity contribution >= 4 is 34.7 Å². The van der Waals surface area contributed by atoms with Crippen molar-refractivity contribution in [3.63, 3.8) is 0 Å². The minimum absolute atomic E-state index is 0.331. The molecule has 160 valence electrons. The number of halogens is 1. The molecule has 0 saturated heterocycles. The summed E-state index contributed by atoms with van der Waals surface area (Å²) in [6, 6.07) is 22.3. The summed E-state index contributed by atoms with van der Waals surface area (Å²) in [5.74, 6) is 0.00466. The summed E-state index contributed by atoms with van der Waals surface area (Å²) in [6.07, 6.45) is 0.814. The Labute approximate surface area is 191 Å². The third-order valence-corrected chi connectivity index (χ3v) is 6.19. The molecule has 0 N–H and O–H groups in total. The zero-order chi connectivity index (χ0) is 22.2. The number of rotatable bonds is 4. The van der Waals surface area contributed by atoms with Crippen molar-refractivity contribution in [2.24, 2.45) is 0 Å². The molecular formula is C26H21ClN2O3. The van der Waals surface area contributed by atoms with Gasteiger partial charge in [-0.3, -0.25) is 9.59 Å². The van der Waals surface area contributed by atoms with E-state index in [-0.39, 0.29) is 11.8 Å². The van der Waals surface area contributed by atoms with E-state index >= 15 is 0 Å². The summed E-state index contributed by atoms with van der Waals surface area (Å²) >= 11 is 6.16. The summed E-state index contributed by atoms with van der Waals surface area (Å²) in [5.41, 5.74) is 4.42. The molecule has 3 aromatic carbocycles. The molecule has 3 aromatic rings. The quantitative estimate of drug-likeness (QED) is 0.548. The Kier molecular flexibility index (Phi) is 5.19. The van der Waals surface area contributed by atoms with Gasteiger partial charge >= 0.3 is 0 Å². The van der Waals surface area contributed by atoms with Gasteiger partial charge in [-0.15, -0.1) is 0 Å². The van der Waals surface area contributed by atoms with Crippen molar-refractivity contribution in [2.45, 2.75) is 13.0 Å². The number of nitrogens with zero attached hydrogens (tertiary/aromatic N) is 2. The average molecular weight is 445 g/mol. The normalized spacial score (nSPS) is 15.9. The van der Waals surface area contributed by atoms with Gasteiger partial charge in [0.05, 0.1) is 18.4 Å². The van der Waals surface area contributed by atoms with E-state index in [0.717, 1.165) is 6.42 Å². The van der Waals surface area contributed by atoms with Gasteiger partial charge in [-0.25, -0.2) is 4.90 Å². The lowest BCUT2D eigenvalue weighted by molar-refractivity contribution is -0.120. The monoisotopic (exact) mass is 444 g/mol. The first-order valence-corrected chi connectivity index (χ1v) is 10.8. The Balaban J connectivity index is 1.62. The molecule has 0 fully saturated rings. The van der Waals surface area contributed by atoms with E-state index in [9.17, 15) is 9.59 Å². The van der Waals surface area contributed by atoms with Crippen molar-refractivity contribution < 1.29 is 14.3 Å². The van der Waals surface area contributed by atoms with Crippen LogP contribution in [0.2, 0.25) is 5.02 Å². The van der Waals surface area contributed by atoms with E-state index in [2.05, 4.69) is 12.1 Å². The van der Waals surface area contributed by atoms with Gasteiger partial charge in [-0.1, -0.05) is 54.1 Å². The molecule has 0 radical (unpaired) electrons. The number of benzene rings is 3. The van der Waals surface area contributed by atoms with Crippen LogP contribution in [0.5, 0.6) is 5.75 Å². The highest BCUT2D eigenvalue weighted by atomic mass is 35.5. The van der Waals surface area contributed by atoms with Crippen molar-refractivity contribution in [2.75, 3.05) is 18.6 Å². The summed E-state index contributed by atoms with van der Waals surface area (Å²) in [7, 11) is 1.59. The fraction of sp³-hybridized carbons (Fsp3) is 0.154. The smallest absolute Gasteiger partial charge is 0.282 e. The molecule has 32 heavy (non-hydrogen) atoms. The first-order chi connectivity index (χ1) is 15.6. The molecular weight excluding hydrogens is 424 g/mol. The average Bonchev–Trinajstić information content (AvgIpc) is 3.08. The second-order valence-electron chi connectivity index (χ2n) is 7.82. The molecule has 0 atom stereocenters. The lowest BCUT2D eigenvalue weighted by Gasteiger charge is -2.31. The van der Waals surface area contributed by atoms with Gasteiger partial charge in [-0.05, 0) is 53.4 Å². The lowest BCUT2D eigenvalue weighted by Crippen LogP contribution is -2.37. The topological polar surface area (TPSA) is 49.9 Å². The van der Waals surface area contributed by atoms with Crippen LogP contribution in [0.3, 0.4) is 0 Å². The maximum atomic E-state index is 13.7. The predicted molar refractivity (Wildman–Crippen MR) is 124 cm³/mol. The minimum atomic E-state index is -0.351. The molecule has 6 heteroatoms. The van der Waals surface area contributed by atoms with Gasteiger partial charge in [0.15, 0.2) is 0 Å². The Morgan fingerprint density at radius 3 is 2.34 bits per heavy atom. The molecule has 2 aliphatic rings. The number of imide groups is 1. The van der Waals surface area contributed by atoms with Gasteiger partial charge < -0.3 is 9.64 Å². The van der Waals surface area contributed by atoms with Crippen LogP contribution >= 0.6 is 11.6 Å². The number of carbonyl (C=O) groups is 2. The van der Waals surface area contributed by atoms with Gasteiger partial charge in [0.2, 0.25) is 0 Å². The first kappa shape index (κ1) is 20.3. The summed E-state index contributed by atoms with van der Waals surface area (Å²) in [5, 5.41) is 0.467. The van der Waals surface area contributed by atoms with Gasteiger partial charge in [-0.2, -0.15) is 0 Å². The van der Waals surface area contributed by atoms with E-state index in [1.165, 1.54) is 16.0 Å². The standard InChI is InChI=1S/C26H21ClN2O3/c1-32-22-11-9-18(10-12-22)23-24(28-14-13-17-5-2-3-6-19(17)16-28)26(31)29(25(23)30)21-8-4-7-20(27)15-21/h2-12,15H,13-14,16H2,1H3. The lowest BCUT2D eigenvalue weighted by atomic mass is 9.98. The highest BCUT2D eigenvalue weighted by molar-refractivity contribution is 6.45. The van der Waals surface area contributed by atoms with Crippen LogP contribution in [-0.2, 0) is 22.6 Å². The van der Waals surface area contributed by atoms with Crippen LogP contribution in [0.25, 0.3) is 5.57 Å².